The number of halogens is 1. The maximum absolute atomic E-state index is 12.1. The molecule has 5 aliphatic rings. The summed E-state index contributed by atoms with van der Waals surface area (Å²) in [5.41, 5.74) is 3.18. The van der Waals surface area contributed by atoms with Crippen LogP contribution in [0.25, 0.3) is 0 Å². The Bertz CT molecular complexity index is 1140. The van der Waals surface area contributed by atoms with Crippen molar-refractivity contribution in [1.29, 1.82) is 0 Å². The number of ether oxygens (including phenoxy) is 2. The van der Waals surface area contributed by atoms with E-state index < -0.39 is 11.5 Å². The van der Waals surface area contributed by atoms with E-state index in [0.717, 1.165) is 56.1 Å². The molecule has 0 amide bonds. The summed E-state index contributed by atoms with van der Waals surface area (Å²) in [7, 11) is 1.71. The zero-order valence-electron chi connectivity index (χ0n) is 21.8. The van der Waals surface area contributed by atoms with Gasteiger partial charge in [-0.1, -0.05) is 42.8 Å². The third kappa shape index (κ3) is 3.61. The van der Waals surface area contributed by atoms with Crippen molar-refractivity contribution in [3.05, 3.63) is 59.2 Å². The average molecular weight is 526 g/mol. The Morgan fingerprint density at radius 2 is 1.95 bits per heavy atom. The molecule has 200 valence electrons. The van der Waals surface area contributed by atoms with Gasteiger partial charge in [-0.25, -0.2) is 0 Å². The van der Waals surface area contributed by atoms with Crippen LogP contribution in [0.5, 0.6) is 11.5 Å². The van der Waals surface area contributed by atoms with Gasteiger partial charge in [-0.15, -0.1) is 12.4 Å². The Kier molecular flexibility index (Phi) is 6.50. The topological polar surface area (TPSA) is 62.2 Å². The number of methoxy groups -OCH3 is 1. The van der Waals surface area contributed by atoms with E-state index in [-0.39, 0.29) is 30.5 Å². The van der Waals surface area contributed by atoms with Crippen molar-refractivity contribution in [2.24, 2.45) is 17.3 Å². The molecule has 6 heteroatoms. The molecule has 4 unspecified atom stereocenters. The normalized spacial score (nSPS) is 35.6. The van der Waals surface area contributed by atoms with E-state index in [2.05, 4.69) is 41.3 Å². The molecule has 1 spiro atoms. The van der Waals surface area contributed by atoms with E-state index >= 15 is 0 Å². The van der Waals surface area contributed by atoms with Crippen LogP contribution >= 0.6 is 12.4 Å². The monoisotopic (exact) mass is 525 g/mol. The summed E-state index contributed by atoms with van der Waals surface area (Å²) in [6.45, 7) is 2.25. The predicted molar refractivity (Wildman–Crippen MR) is 146 cm³/mol. The van der Waals surface area contributed by atoms with E-state index in [1.165, 1.54) is 42.5 Å². The van der Waals surface area contributed by atoms with Crippen LogP contribution in [0.3, 0.4) is 0 Å². The number of aliphatic hydroxyl groups is 2. The van der Waals surface area contributed by atoms with Crippen LogP contribution in [-0.2, 0) is 18.3 Å². The second-order valence-corrected chi connectivity index (χ2v) is 12.3. The maximum atomic E-state index is 12.1. The quantitative estimate of drug-likeness (QED) is 0.556. The molecule has 6 atom stereocenters. The lowest BCUT2D eigenvalue weighted by molar-refractivity contribution is -0.181. The fourth-order valence-corrected chi connectivity index (χ4v) is 8.68. The van der Waals surface area contributed by atoms with Crippen molar-refractivity contribution in [2.45, 2.75) is 75.0 Å². The largest absolute Gasteiger partial charge is 0.493 e. The van der Waals surface area contributed by atoms with Gasteiger partial charge in [0, 0.05) is 29.0 Å². The minimum atomic E-state index is -0.718. The minimum absolute atomic E-state index is 0. The van der Waals surface area contributed by atoms with Gasteiger partial charge in [-0.05, 0) is 80.5 Å². The molecule has 0 radical (unpaired) electrons. The third-order valence-corrected chi connectivity index (χ3v) is 10.8. The molecule has 2 aliphatic heterocycles. The van der Waals surface area contributed by atoms with Gasteiger partial charge in [0.1, 0.15) is 6.10 Å². The van der Waals surface area contributed by atoms with Crippen molar-refractivity contribution >= 4 is 12.4 Å². The molecule has 3 fully saturated rings. The number of likely N-dealkylation sites (tertiary alicyclic amines) is 1. The molecule has 37 heavy (non-hydrogen) atoms. The molecule has 5 nitrogen and oxygen atoms in total. The van der Waals surface area contributed by atoms with E-state index in [1.54, 1.807) is 7.11 Å². The molecular formula is C31H40ClNO4. The smallest absolute Gasteiger partial charge is 0.165 e. The highest BCUT2D eigenvalue weighted by Gasteiger charge is 2.70. The highest BCUT2D eigenvalue weighted by Crippen LogP contribution is 2.67. The number of rotatable bonds is 7. The number of piperidine rings is 1. The van der Waals surface area contributed by atoms with Gasteiger partial charge >= 0.3 is 0 Å². The van der Waals surface area contributed by atoms with E-state index in [0.29, 0.717) is 12.0 Å². The molecule has 7 rings (SSSR count). The second kappa shape index (κ2) is 9.44. The van der Waals surface area contributed by atoms with Crippen LogP contribution < -0.4 is 9.47 Å². The van der Waals surface area contributed by atoms with Gasteiger partial charge in [0.2, 0.25) is 0 Å². The number of hydrogen-bond acceptors (Lipinski definition) is 5. The van der Waals surface area contributed by atoms with Crippen LogP contribution in [0.15, 0.2) is 42.5 Å². The predicted octanol–water partition coefficient (Wildman–Crippen LogP) is 4.54. The summed E-state index contributed by atoms with van der Waals surface area (Å²) in [4.78, 5) is 2.78. The molecule has 2 bridgehead atoms. The fourth-order valence-electron chi connectivity index (χ4n) is 8.68. The lowest BCUT2D eigenvalue weighted by Crippen LogP contribution is -2.71. The summed E-state index contributed by atoms with van der Waals surface area (Å²) < 4.78 is 12.5. The number of aryl methyl sites for hydroxylation is 1. The lowest BCUT2D eigenvalue weighted by Gasteiger charge is -2.63. The Labute approximate surface area is 226 Å². The van der Waals surface area contributed by atoms with Crippen molar-refractivity contribution in [3.63, 3.8) is 0 Å². The van der Waals surface area contributed by atoms with Gasteiger partial charge in [0.05, 0.1) is 19.8 Å². The van der Waals surface area contributed by atoms with Gasteiger partial charge < -0.3 is 19.7 Å². The Balaban J connectivity index is 0.00000252. The summed E-state index contributed by atoms with van der Waals surface area (Å²) in [6, 6.07) is 15.2. The Hall–Kier alpha value is -1.79. The highest BCUT2D eigenvalue weighted by molar-refractivity contribution is 5.85. The van der Waals surface area contributed by atoms with Crippen molar-refractivity contribution in [3.8, 4) is 11.5 Å². The van der Waals surface area contributed by atoms with Crippen LogP contribution in [0.1, 0.15) is 55.2 Å². The SMILES string of the molecule is COc1ccc2c3c1OC1[C@H](O)[C@](CO)(CCc4ccccc4)CC4C(C2)N(CC2CCC2)CCC341.Cl. The molecule has 2 aromatic rings. The minimum Gasteiger partial charge on any atom is -0.493 e. The van der Waals surface area contributed by atoms with Gasteiger partial charge in [-0.2, -0.15) is 0 Å². The van der Waals surface area contributed by atoms with Crippen LogP contribution in [0.4, 0.5) is 0 Å². The molecule has 3 aliphatic carbocycles. The fraction of sp³-hybridized carbons (Fsp3) is 0.613. The lowest BCUT2D eigenvalue weighted by atomic mass is 9.46. The molecular weight excluding hydrogens is 486 g/mol. The summed E-state index contributed by atoms with van der Waals surface area (Å²) in [6.07, 6.45) is 7.53. The first-order chi connectivity index (χ1) is 17.6. The van der Waals surface area contributed by atoms with Gasteiger partial charge in [0.15, 0.2) is 11.5 Å². The molecule has 1 saturated heterocycles. The van der Waals surface area contributed by atoms with Gasteiger partial charge in [0.25, 0.3) is 0 Å². The summed E-state index contributed by atoms with van der Waals surface area (Å²) in [5.74, 6) is 2.82. The third-order valence-electron chi connectivity index (χ3n) is 10.8. The van der Waals surface area contributed by atoms with E-state index in [1.807, 2.05) is 6.07 Å². The zero-order chi connectivity index (χ0) is 24.5. The molecule has 2 N–H and O–H groups in total. The molecule has 2 heterocycles. The zero-order valence-corrected chi connectivity index (χ0v) is 22.6. The average Bonchev–Trinajstić information content (AvgIpc) is 3.23. The van der Waals surface area contributed by atoms with Crippen molar-refractivity contribution in [1.82, 2.24) is 4.90 Å². The number of benzene rings is 2. The second-order valence-electron chi connectivity index (χ2n) is 12.3. The summed E-state index contributed by atoms with van der Waals surface area (Å²) >= 11 is 0. The van der Waals surface area contributed by atoms with E-state index in [9.17, 15) is 10.2 Å². The number of nitrogens with zero attached hydrogens (tertiary/aromatic N) is 1. The number of hydrogen-bond donors (Lipinski definition) is 2. The first-order valence-electron chi connectivity index (χ1n) is 14.0. The van der Waals surface area contributed by atoms with Crippen LogP contribution in [0.2, 0.25) is 0 Å². The first-order valence-corrected chi connectivity index (χ1v) is 14.0. The van der Waals surface area contributed by atoms with Gasteiger partial charge in [-0.3, -0.25) is 4.90 Å². The molecule has 0 aromatic heterocycles. The van der Waals surface area contributed by atoms with Crippen LogP contribution in [-0.4, -0.2) is 60.2 Å². The van der Waals surface area contributed by atoms with Crippen LogP contribution in [0, 0.1) is 17.3 Å². The molecule has 2 aromatic carbocycles. The Morgan fingerprint density at radius 1 is 1.14 bits per heavy atom. The Morgan fingerprint density at radius 3 is 2.65 bits per heavy atom. The highest BCUT2D eigenvalue weighted by atomic mass is 35.5. The molecule has 2 saturated carbocycles. The van der Waals surface area contributed by atoms with E-state index in [4.69, 9.17) is 9.47 Å². The summed E-state index contributed by atoms with van der Waals surface area (Å²) in [5, 5.41) is 23.0. The standard InChI is InChI=1S/C31H39NO4.ClH/c1-35-25-11-10-22-16-24-23-17-30(19-33,13-12-20-6-3-2-4-7-20)28(34)29-31(23,26(22)27(25)36-29)14-15-32(24)18-21-8-5-9-21;/h2-4,6-7,10-11,21,23-24,28-29,33-34H,5,8-9,12-19H2,1H3;1H/t23?,24?,28-,29?,30+,31?;/m0./s1. The number of aliphatic hydroxyl groups excluding tert-OH is 2. The van der Waals surface area contributed by atoms with Crippen molar-refractivity contribution in [2.75, 3.05) is 26.8 Å². The first kappa shape index (κ1) is 25.5. The van der Waals surface area contributed by atoms with Crippen molar-refractivity contribution < 1.29 is 19.7 Å². The maximum Gasteiger partial charge on any atom is 0.165 e.